The molecule has 9 rings (SSSR count). The van der Waals surface area contributed by atoms with Gasteiger partial charge in [-0.3, -0.25) is 43.5 Å². The van der Waals surface area contributed by atoms with Crippen molar-refractivity contribution in [2.45, 2.75) is 63.8 Å². The summed E-state index contributed by atoms with van der Waals surface area (Å²) in [5.74, 6) is -1.62. The van der Waals surface area contributed by atoms with Crippen molar-refractivity contribution >= 4 is 76.1 Å². The molecule has 5 N–H and O–H groups in total. The summed E-state index contributed by atoms with van der Waals surface area (Å²) in [6.07, 6.45) is 4.33. The summed E-state index contributed by atoms with van der Waals surface area (Å²) >= 11 is 0. The molecular formula is C55H56N8O12. The van der Waals surface area contributed by atoms with Crippen LogP contribution in [0.15, 0.2) is 96.0 Å². The molecule has 0 saturated carbocycles. The first kappa shape index (κ1) is 51.0. The van der Waals surface area contributed by atoms with Crippen LogP contribution in [0.25, 0.3) is 0 Å². The normalized spacial score (nSPS) is 15.5. The smallest absolute Gasteiger partial charge is 0.305 e. The van der Waals surface area contributed by atoms with Crippen molar-refractivity contribution in [2.75, 3.05) is 67.9 Å². The summed E-state index contributed by atoms with van der Waals surface area (Å²) in [6, 6.07) is 27.3. The van der Waals surface area contributed by atoms with Crippen LogP contribution in [0.5, 0.6) is 23.0 Å². The van der Waals surface area contributed by atoms with Gasteiger partial charge in [0, 0.05) is 61.2 Å². The first-order valence-electron chi connectivity index (χ1n) is 24.5. The van der Waals surface area contributed by atoms with E-state index in [2.05, 4.69) is 31.3 Å². The first-order valence-corrected chi connectivity index (χ1v) is 24.5. The Kier molecular flexibility index (Phi) is 15.5. The highest BCUT2D eigenvalue weighted by atomic mass is 16.5. The molecule has 5 aromatic carbocycles. The van der Waals surface area contributed by atoms with Gasteiger partial charge in [0.2, 0.25) is 23.6 Å². The van der Waals surface area contributed by atoms with Gasteiger partial charge in [0.25, 0.3) is 11.8 Å². The number of fused-ring (bicyclic) bond motifs is 8. The Bertz CT molecular complexity index is 3100. The minimum atomic E-state index is -0.647. The van der Waals surface area contributed by atoms with Gasteiger partial charge >= 0.3 is 5.97 Å². The average Bonchev–Trinajstić information content (AvgIpc) is 3.92. The predicted molar refractivity (Wildman–Crippen MR) is 277 cm³/mol. The van der Waals surface area contributed by atoms with Crippen molar-refractivity contribution in [3.8, 4) is 23.0 Å². The molecule has 5 aromatic rings. The maximum atomic E-state index is 14.1. The number of ether oxygens (including phenoxy) is 5. The lowest BCUT2D eigenvalue weighted by atomic mass is 10.1. The Morgan fingerprint density at radius 3 is 1.87 bits per heavy atom. The van der Waals surface area contributed by atoms with Crippen LogP contribution >= 0.6 is 0 Å². The fourth-order valence-corrected chi connectivity index (χ4v) is 9.54. The van der Waals surface area contributed by atoms with Gasteiger partial charge < -0.3 is 55.2 Å². The topological polar surface area (TPSA) is 245 Å². The zero-order valence-corrected chi connectivity index (χ0v) is 41.6. The van der Waals surface area contributed by atoms with E-state index in [1.54, 1.807) is 47.5 Å². The second-order valence-corrected chi connectivity index (χ2v) is 18.2. The van der Waals surface area contributed by atoms with Crippen molar-refractivity contribution in [1.82, 2.24) is 16.0 Å². The van der Waals surface area contributed by atoms with E-state index in [4.69, 9.17) is 23.9 Å². The van der Waals surface area contributed by atoms with Gasteiger partial charge in [-0.2, -0.15) is 0 Å². The largest absolute Gasteiger partial charge is 0.493 e. The van der Waals surface area contributed by atoms with E-state index >= 15 is 0 Å². The van der Waals surface area contributed by atoms with E-state index in [1.807, 2.05) is 59.5 Å². The third-order valence-electron chi connectivity index (χ3n) is 13.2. The number of amides is 6. The molecule has 6 amide bonds. The molecule has 4 heterocycles. The zero-order valence-electron chi connectivity index (χ0n) is 41.6. The number of rotatable bonds is 20. The molecule has 0 bridgehead atoms. The maximum Gasteiger partial charge on any atom is 0.305 e. The molecule has 0 spiro atoms. The van der Waals surface area contributed by atoms with Crippen LogP contribution in [0.3, 0.4) is 0 Å². The third kappa shape index (κ3) is 11.6. The van der Waals surface area contributed by atoms with Crippen LogP contribution in [0, 0.1) is 0 Å². The average molecular weight is 1020 g/mol. The summed E-state index contributed by atoms with van der Waals surface area (Å²) in [6.45, 7) is -0.785. The van der Waals surface area contributed by atoms with Gasteiger partial charge in [-0.25, -0.2) is 0 Å². The van der Waals surface area contributed by atoms with Crippen molar-refractivity contribution in [3.63, 3.8) is 0 Å². The SMILES string of the molecule is COC(=O)CCCCC(=O)NCC(=O)NCC(=O)NCC(=O)Nc1cc(COc2cc3c(cc2OC)C(=O)N2c4ccccc4C[C@H]2C=N3)cc(COc2cc3c(cc2OC)C(=O)N2c4ccccc4C[C@H]2CN3)c1. The Labute approximate surface area is 432 Å². The van der Waals surface area contributed by atoms with Crippen LogP contribution in [-0.2, 0) is 54.8 Å². The van der Waals surface area contributed by atoms with E-state index in [1.165, 1.54) is 21.3 Å². The van der Waals surface area contributed by atoms with Gasteiger partial charge in [0.15, 0.2) is 23.0 Å². The molecule has 0 fully saturated rings. The number of anilines is 4. The van der Waals surface area contributed by atoms with Crippen molar-refractivity contribution in [2.24, 2.45) is 4.99 Å². The van der Waals surface area contributed by atoms with E-state index in [0.29, 0.717) is 88.1 Å². The molecule has 20 nitrogen and oxygen atoms in total. The Balaban J connectivity index is 0.881. The minimum Gasteiger partial charge on any atom is -0.493 e. The quantitative estimate of drug-likeness (QED) is 0.0500. The molecule has 75 heavy (non-hydrogen) atoms. The van der Waals surface area contributed by atoms with Crippen molar-refractivity contribution in [1.29, 1.82) is 0 Å². The van der Waals surface area contributed by atoms with Gasteiger partial charge in [-0.05, 0) is 84.0 Å². The third-order valence-corrected chi connectivity index (χ3v) is 13.2. The number of nitrogens with one attached hydrogen (secondary N) is 5. The van der Waals surface area contributed by atoms with Crippen LogP contribution in [-0.4, -0.2) is 107 Å². The fraction of sp³-hybridized carbons (Fsp3) is 0.309. The molecule has 388 valence electrons. The lowest BCUT2D eigenvalue weighted by molar-refractivity contribution is -0.140. The van der Waals surface area contributed by atoms with Crippen LogP contribution in [0.1, 0.15) is 68.7 Å². The number of unbranched alkanes of at least 4 members (excludes halogenated alkanes) is 1. The van der Waals surface area contributed by atoms with Crippen LogP contribution in [0.4, 0.5) is 28.4 Å². The Morgan fingerprint density at radius 2 is 1.20 bits per heavy atom. The highest BCUT2D eigenvalue weighted by Crippen LogP contribution is 2.43. The molecule has 0 saturated heterocycles. The number of benzene rings is 5. The van der Waals surface area contributed by atoms with Crippen LogP contribution < -0.4 is 55.3 Å². The number of hydrogen-bond acceptors (Lipinski definition) is 14. The second-order valence-electron chi connectivity index (χ2n) is 18.2. The van der Waals surface area contributed by atoms with E-state index in [0.717, 1.165) is 28.9 Å². The highest BCUT2D eigenvalue weighted by Gasteiger charge is 2.39. The summed E-state index contributed by atoms with van der Waals surface area (Å²) in [5, 5.41) is 13.6. The van der Waals surface area contributed by atoms with E-state index in [9.17, 15) is 33.6 Å². The van der Waals surface area contributed by atoms with Gasteiger partial charge in [0.1, 0.15) is 13.2 Å². The standard InChI is InChI=1S/C55H56N8O12/c1-71-45-21-39-41(56-25-37-19-34-10-4-6-12-43(34)62(37)54(39)69)23-47(45)74-30-32-16-33(18-36(17-32)61-52(67)29-60-51(66)28-59-50(65)27-58-49(64)14-8-9-15-53(68)73-3)31-75-48-24-42-40(22-46(48)72-2)55(70)63-38(26-57-42)20-35-11-5-7-13-44(35)63/h4-7,10-13,16-18,21-25,37-38,57H,8-9,14-15,19-20,26-31H2,1-3H3,(H,58,64)(H,59,65)(H,60,66)(H,61,67)/t37-,38-/m0/s1. The molecule has 2 atom stereocenters. The summed E-state index contributed by atoms with van der Waals surface area (Å²) in [7, 11) is 4.27. The lowest BCUT2D eigenvalue weighted by Gasteiger charge is -2.22. The number of nitrogens with zero attached hydrogens (tertiary/aromatic N) is 3. The van der Waals surface area contributed by atoms with Crippen molar-refractivity contribution in [3.05, 3.63) is 124 Å². The van der Waals surface area contributed by atoms with Gasteiger partial charge in [0.05, 0.1) is 75.5 Å². The predicted octanol–water partition coefficient (Wildman–Crippen LogP) is 5.17. The maximum absolute atomic E-state index is 14.1. The molecule has 0 aliphatic carbocycles. The van der Waals surface area contributed by atoms with Crippen LogP contribution in [0.2, 0.25) is 0 Å². The number of hydrogen-bond donors (Lipinski definition) is 5. The Morgan fingerprint density at radius 1 is 0.627 bits per heavy atom. The lowest BCUT2D eigenvalue weighted by Crippen LogP contribution is -2.43. The number of methoxy groups -OCH3 is 3. The zero-order chi connectivity index (χ0) is 52.6. The number of carbonyl (C=O) groups is 7. The van der Waals surface area contributed by atoms with Crippen molar-refractivity contribution < 1.29 is 57.2 Å². The number of esters is 1. The van der Waals surface area contributed by atoms with E-state index in [-0.39, 0.29) is 68.4 Å². The van der Waals surface area contributed by atoms with Gasteiger partial charge in [-0.1, -0.05) is 36.4 Å². The summed E-state index contributed by atoms with van der Waals surface area (Å²) in [4.78, 5) is 98.1. The minimum absolute atomic E-state index is 0.0198. The summed E-state index contributed by atoms with van der Waals surface area (Å²) < 4.78 is 28.9. The molecule has 4 aliphatic heterocycles. The summed E-state index contributed by atoms with van der Waals surface area (Å²) in [5.41, 5.74) is 7.26. The highest BCUT2D eigenvalue weighted by molar-refractivity contribution is 6.15. The molecule has 20 heteroatoms. The molecular weight excluding hydrogens is 965 g/mol. The Hall–Kier alpha value is -8.94. The number of aliphatic imine (C=N–C) groups is 1. The molecule has 0 unspecified atom stereocenters. The second kappa shape index (κ2) is 22.9. The first-order chi connectivity index (χ1) is 36.4. The molecule has 4 aliphatic rings. The monoisotopic (exact) mass is 1020 g/mol. The molecule has 0 aromatic heterocycles. The molecule has 0 radical (unpaired) electrons. The fourth-order valence-electron chi connectivity index (χ4n) is 9.54. The number of carbonyl (C=O) groups excluding carboxylic acids is 7. The van der Waals surface area contributed by atoms with E-state index < -0.39 is 30.8 Å². The number of para-hydroxylation sites is 2. The van der Waals surface area contributed by atoms with Gasteiger partial charge in [-0.15, -0.1) is 0 Å².